The van der Waals surface area contributed by atoms with Gasteiger partial charge in [-0.1, -0.05) is 41.6 Å². The largest absolute Gasteiger partial charge is 0.461 e. The number of furan rings is 1. The van der Waals surface area contributed by atoms with E-state index in [0.29, 0.717) is 16.6 Å². The fourth-order valence-corrected chi connectivity index (χ4v) is 3.81. The molecule has 0 aliphatic carbocycles. The molecule has 4 nitrogen and oxygen atoms in total. The molecule has 0 unspecified atom stereocenters. The van der Waals surface area contributed by atoms with Crippen molar-refractivity contribution in [1.29, 1.82) is 0 Å². The zero-order chi connectivity index (χ0) is 18.8. The first kappa shape index (κ1) is 17.9. The van der Waals surface area contributed by atoms with Crippen molar-refractivity contribution in [3.63, 3.8) is 0 Å². The smallest absolute Gasteiger partial charge is 0.205 e. The van der Waals surface area contributed by atoms with Crippen molar-refractivity contribution in [2.75, 3.05) is 0 Å². The minimum Gasteiger partial charge on any atom is -0.461 e. The molecule has 2 heterocycles. The molecule has 4 aromatic rings. The maximum Gasteiger partial charge on any atom is 0.205 e. The number of halogens is 1. The minimum atomic E-state index is 0.671. The molecule has 136 valence electrons. The molecule has 0 N–H and O–H groups in total. The molecule has 4 rings (SSSR count). The second-order valence-corrected chi connectivity index (χ2v) is 7.68. The molecule has 0 spiro atoms. The lowest BCUT2D eigenvalue weighted by Crippen LogP contribution is -1.99. The summed E-state index contributed by atoms with van der Waals surface area (Å²) in [4.78, 5) is 0. The van der Waals surface area contributed by atoms with E-state index >= 15 is 0 Å². The van der Waals surface area contributed by atoms with Crippen LogP contribution in [0.3, 0.4) is 0 Å². The summed E-state index contributed by atoms with van der Waals surface area (Å²) in [7, 11) is 0. The molecular weight excluding hydrogens is 378 g/mol. The monoisotopic (exact) mass is 395 g/mol. The van der Waals surface area contributed by atoms with E-state index in [-0.39, 0.29) is 0 Å². The molecule has 2 aromatic heterocycles. The summed E-state index contributed by atoms with van der Waals surface area (Å²) in [6.45, 7) is 4.26. The number of thioether (sulfide) groups is 1. The molecular formula is C21H18ClN3OS. The summed E-state index contributed by atoms with van der Waals surface area (Å²) in [5.74, 6) is 2.16. The van der Waals surface area contributed by atoms with Crippen LogP contribution < -0.4 is 0 Å². The van der Waals surface area contributed by atoms with Gasteiger partial charge in [-0.3, -0.25) is 4.57 Å². The molecule has 0 aliphatic rings. The third-order valence-corrected chi connectivity index (χ3v) is 5.65. The van der Waals surface area contributed by atoms with Crippen LogP contribution in [0.4, 0.5) is 0 Å². The van der Waals surface area contributed by atoms with Crippen LogP contribution in [-0.4, -0.2) is 14.8 Å². The average molecular weight is 396 g/mol. The molecule has 0 saturated carbocycles. The van der Waals surface area contributed by atoms with Gasteiger partial charge in [0, 0.05) is 16.5 Å². The van der Waals surface area contributed by atoms with E-state index < -0.39 is 0 Å². The number of aromatic nitrogens is 3. The van der Waals surface area contributed by atoms with E-state index in [9.17, 15) is 0 Å². The van der Waals surface area contributed by atoms with Gasteiger partial charge in [-0.25, -0.2) is 0 Å². The normalized spacial score (nSPS) is 11.1. The van der Waals surface area contributed by atoms with Crippen molar-refractivity contribution < 1.29 is 4.42 Å². The third kappa shape index (κ3) is 3.80. The van der Waals surface area contributed by atoms with Crippen LogP contribution in [0.1, 0.15) is 16.7 Å². The van der Waals surface area contributed by atoms with Crippen molar-refractivity contribution in [2.24, 2.45) is 0 Å². The quantitative estimate of drug-likeness (QED) is 0.383. The van der Waals surface area contributed by atoms with Crippen LogP contribution in [0, 0.1) is 13.8 Å². The minimum absolute atomic E-state index is 0.671. The van der Waals surface area contributed by atoms with E-state index in [4.69, 9.17) is 16.0 Å². The predicted molar refractivity (Wildman–Crippen MR) is 110 cm³/mol. The Morgan fingerprint density at radius 1 is 1.00 bits per heavy atom. The Balaban J connectivity index is 1.69. The van der Waals surface area contributed by atoms with E-state index in [2.05, 4.69) is 42.2 Å². The lowest BCUT2D eigenvalue weighted by atomic mass is 10.1. The molecule has 2 aromatic carbocycles. The molecule has 0 amide bonds. The SMILES string of the molecule is Cc1ccc(CSc2nnc(-c3ccco3)n2-c2ccc(Cl)cc2)cc1C. The lowest BCUT2D eigenvalue weighted by molar-refractivity contribution is 0.575. The summed E-state index contributed by atoms with van der Waals surface area (Å²) >= 11 is 7.70. The molecule has 0 atom stereocenters. The van der Waals surface area contributed by atoms with Crippen LogP contribution in [0.2, 0.25) is 5.02 Å². The van der Waals surface area contributed by atoms with Crippen molar-refractivity contribution >= 4 is 23.4 Å². The van der Waals surface area contributed by atoms with Crippen LogP contribution >= 0.6 is 23.4 Å². The fourth-order valence-electron chi connectivity index (χ4n) is 2.79. The first-order chi connectivity index (χ1) is 13.1. The standard InChI is InChI=1S/C21H18ClN3OS/c1-14-5-6-16(12-15(14)2)13-27-21-24-23-20(19-4-3-11-26-19)25(21)18-9-7-17(22)8-10-18/h3-12H,13H2,1-2H3. The van der Waals surface area contributed by atoms with Gasteiger partial charge in [0.25, 0.3) is 0 Å². The number of rotatable bonds is 5. The van der Waals surface area contributed by atoms with Gasteiger partial charge in [-0.05, 0) is 66.9 Å². The number of hydrogen-bond donors (Lipinski definition) is 0. The number of hydrogen-bond acceptors (Lipinski definition) is 4. The summed E-state index contributed by atoms with van der Waals surface area (Å²) in [5, 5.41) is 10.3. The van der Waals surface area contributed by atoms with Gasteiger partial charge in [0.2, 0.25) is 5.82 Å². The van der Waals surface area contributed by atoms with Crippen LogP contribution in [-0.2, 0) is 5.75 Å². The molecule has 0 fully saturated rings. The maximum atomic E-state index is 6.06. The number of aryl methyl sites for hydroxylation is 2. The van der Waals surface area contributed by atoms with Gasteiger partial charge in [-0.15, -0.1) is 10.2 Å². The van der Waals surface area contributed by atoms with Gasteiger partial charge >= 0.3 is 0 Å². The topological polar surface area (TPSA) is 43.9 Å². The van der Waals surface area contributed by atoms with Crippen LogP contribution in [0.25, 0.3) is 17.3 Å². The molecule has 0 bridgehead atoms. The zero-order valence-electron chi connectivity index (χ0n) is 15.0. The highest BCUT2D eigenvalue weighted by Gasteiger charge is 2.18. The highest BCUT2D eigenvalue weighted by molar-refractivity contribution is 7.98. The van der Waals surface area contributed by atoms with Crippen molar-refractivity contribution in [3.8, 4) is 17.3 Å². The molecule has 0 radical (unpaired) electrons. The highest BCUT2D eigenvalue weighted by Crippen LogP contribution is 2.30. The van der Waals surface area contributed by atoms with Gasteiger partial charge in [0.15, 0.2) is 10.9 Å². The second kappa shape index (κ2) is 7.62. The molecule has 6 heteroatoms. The molecule has 0 saturated heterocycles. The summed E-state index contributed by atoms with van der Waals surface area (Å²) in [6, 6.07) is 17.9. The zero-order valence-corrected chi connectivity index (χ0v) is 16.6. The highest BCUT2D eigenvalue weighted by atomic mass is 35.5. The Bertz CT molecular complexity index is 1060. The summed E-state index contributed by atoms with van der Waals surface area (Å²) in [6.07, 6.45) is 1.64. The lowest BCUT2D eigenvalue weighted by Gasteiger charge is -2.10. The Morgan fingerprint density at radius 3 is 2.52 bits per heavy atom. The number of nitrogens with zero attached hydrogens (tertiary/aromatic N) is 3. The van der Waals surface area contributed by atoms with Gasteiger partial charge in [0.05, 0.1) is 6.26 Å². The average Bonchev–Trinajstić information content (AvgIpc) is 3.33. The fraction of sp³-hybridized carbons (Fsp3) is 0.143. The van der Waals surface area contributed by atoms with Crippen molar-refractivity contribution in [2.45, 2.75) is 24.8 Å². The Kier molecular flexibility index (Phi) is 5.05. The predicted octanol–water partition coefficient (Wildman–Crippen LogP) is 6.09. The van der Waals surface area contributed by atoms with E-state index in [1.807, 2.05) is 41.0 Å². The summed E-state index contributed by atoms with van der Waals surface area (Å²) in [5.41, 5.74) is 4.79. The van der Waals surface area contributed by atoms with Crippen molar-refractivity contribution in [3.05, 3.63) is 82.6 Å². The third-order valence-electron chi connectivity index (χ3n) is 4.40. The molecule has 27 heavy (non-hydrogen) atoms. The van der Waals surface area contributed by atoms with Gasteiger partial charge in [0.1, 0.15) is 0 Å². The van der Waals surface area contributed by atoms with E-state index in [0.717, 1.165) is 16.6 Å². The van der Waals surface area contributed by atoms with E-state index in [1.54, 1.807) is 18.0 Å². The van der Waals surface area contributed by atoms with Crippen LogP contribution in [0.5, 0.6) is 0 Å². The summed E-state index contributed by atoms with van der Waals surface area (Å²) < 4.78 is 7.55. The molecule has 0 aliphatic heterocycles. The van der Waals surface area contributed by atoms with E-state index in [1.165, 1.54) is 16.7 Å². The van der Waals surface area contributed by atoms with Crippen molar-refractivity contribution in [1.82, 2.24) is 14.8 Å². The first-order valence-electron chi connectivity index (χ1n) is 8.56. The van der Waals surface area contributed by atoms with Crippen LogP contribution in [0.15, 0.2) is 70.4 Å². The first-order valence-corrected chi connectivity index (χ1v) is 9.92. The Morgan fingerprint density at radius 2 is 1.81 bits per heavy atom. The Hall–Kier alpha value is -2.50. The van der Waals surface area contributed by atoms with Gasteiger partial charge in [-0.2, -0.15) is 0 Å². The maximum absolute atomic E-state index is 6.06. The Labute approximate surface area is 167 Å². The van der Waals surface area contributed by atoms with Gasteiger partial charge < -0.3 is 4.42 Å². The second-order valence-electron chi connectivity index (χ2n) is 6.30. The number of benzene rings is 2.